The molecule has 2 rings (SSSR count). The quantitative estimate of drug-likeness (QED) is 0.895. The molecule has 5 nitrogen and oxygen atoms in total. The Morgan fingerprint density at radius 2 is 1.81 bits per heavy atom. The van der Waals surface area contributed by atoms with E-state index in [4.69, 9.17) is 0 Å². The van der Waals surface area contributed by atoms with Gasteiger partial charge in [0.1, 0.15) is 5.82 Å². The Balaban J connectivity index is 2.37. The smallest absolute Gasteiger partial charge is 0.280 e. The van der Waals surface area contributed by atoms with Crippen molar-refractivity contribution in [3.8, 4) is 0 Å². The zero-order valence-corrected chi connectivity index (χ0v) is 14.8. The lowest BCUT2D eigenvalue weighted by Crippen LogP contribution is -2.13. The molecular formula is C14H18BrN3O2S. The molecule has 0 aliphatic carbocycles. The van der Waals surface area contributed by atoms with Crippen LogP contribution in [0.1, 0.15) is 23.9 Å². The molecule has 0 amide bonds. The van der Waals surface area contributed by atoms with E-state index in [1.54, 1.807) is 29.8 Å². The predicted molar refractivity (Wildman–Crippen MR) is 87.1 cm³/mol. The van der Waals surface area contributed by atoms with E-state index in [1.165, 1.54) is 0 Å². The van der Waals surface area contributed by atoms with Crippen LogP contribution < -0.4 is 4.72 Å². The third kappa shape index (κ3) is 3.29. The first kappa shape index (κ1) is 16.0. The lowest BCUT2D eigenvalue weighted by Gasteiger charge is -2.10. The molecule has 0 bridgehead atoms. The van der Waals surface area contributed by atoms with Crippen molar-refractivity contribution in [3.63, 3.8) is 0 Å². The average molecular weight is 372 g/mol. The Bertz CT molecular complexity index is 759. The number of hydrogen-bond donors (Lipinski definition) is 1. The van der Waals surface area contributed by atoms with Crippen molar-refractivity contribution in [1.82, 2.24) is 9.55 Å². The van der Waals surface area contributed by atoms with Gasteiger partial charge < -0.3 is 4.57 Å². The molecule has 1 N–H and O–H groups in total. The first-order valence-corrected chi connectivity index (χ1v) is 8.85. The van der Waals surface area contributed by atoms with Gasteiger partial charge in [-0.2, -0.15) is 8.42 Å². The van der Waals surface area contributed by atoms with Crippen molar-refractivity contribution in [2.24, 2.45) is 0 Å². The number of aryl methyl sites for hydroxylation is 4. The highest BCUT2D eigenvalue weighted by Gasteiger charge is 2.19. The van der Waals surface area contributed by atoms with E-state index >= 15 is 0 Å². The fraction of sp³-hybridized carbons (Fsp3) is 0.357. The van der Waals surface area contributed by atoms with Crippen LogP contribution in [0.2, 0.25) is 0 Å². The maximum Gasteiger partial charge on any atom is 0.280 e. The number of sulfonamides is 1. The summed E-state index contributed by atoms with van der Waals surface area (Å²) in [6.07, 6.45) is 1.55. The molecule has 1 aromatic carbocycles. The Hall–Kier alpha value is -1.34. The molecule has 2 aromatic rings. The molecule has 0 radical (unpaired) electrons. The minimum atomic E-state index is -3.67. The van der Waals surface area contributed by atoms with Gasteiger partial charge in [-0.05, 0) is 51.0 Å². The van der Waals surface area contributed by atoms with Crippen LogP contribution in [0.5, 0.6) is 0 Å². The van der Waals surface area contributed by atoms with Gasteiger partial charge in [0.25, 0.3) is 10.0 Å². The summed E-state index contributed by atoms with van der Waals surface area (Å²) in [7, 11) is -3.67. The number of anilines is 1. The van der Waals surface area contributed by atoms with Gasteiger partial charge in [-0.1, -0.05) is 15.9 Å². The van der Waals surface area contributed by atoms with Crippen molar-refractivity contribution in [1.29, 1.82) is 0 Å². The first-order chi connectivity index (χ1) is 9.74. The summed E-state index contributed by atoms with van der Waals surface area (Å²) in [6, 6.07) is 3.58. The molecule has 0 fully saturated rings. The molecule has 114 valence electrons. The second kappa shape index (κ2) is 5.81. The number of benzene rings is 1. The molecule has 21 heavy (non-hydrogen) atoms. The number of halogens is 1. The van der Waals surface area contributed by atoms with E-state index < -0.39 is 10.0 Å². The van der Waals surface area contributed by atoms with Gasteiger partial charge in [-0.3, -0.25) is 4.72 Å². The highest BCUT2D eigenvalue weighted by atomic mass is 79.9. The van der Waals surface area contributed by atoms with Crippen LogP contribution in [-0.2, 0) is 16.6 Å². The first-order valence-electron chi connectivity index (χ1n) is 6.58. The fourth-order valence-corrected chi connectivity index (χ4v) is 3.42. The van der Waals surface area contributed by atoms with E-state index in [2.05, 4.69) is 25.6 Å². The van der Waals surface area contributed by atoms with Crippen LogP contribution in [0.3, 0.4) is 0 Å². The molecule has 0 atom stereocenters. The number of nitrogens with one attached hydrogen (secondary N) is 1. The molecular weight excluding hydrogens is 354 g/mol. The van der Waals surface area contributed by atoms with Gasteiger partial charge in [0.05, 0.1) is 0 Å². The van der Waals surface area contributed by atoms with Gasteiger partial charge in [0.2, 0.25) is 0 Å². The SMILES string of the molecule is CCn1cc(S(=O)(=O)Nc2cc(C)c(Br)c(C)c2)nc1C. The monoisotopic (exact) mass is 371 g/mol. The summed E-state index contributed by atoms with van der Waals surface area (Å²) in [5.41, 5.74) is 2.49. The summed E-state index contributed by atoms with van der Waals surface area (Å²) in [6.45, 7) is 8.26. The Labute approximate surface area is 133 Å². The maximum absolute atomic E-state index is 12.4. The maximum atomic E-state index is 12.4. The molecule has 0 unspecified atom stereocenters. The van der Waals surface area contributed by atoms with Crippen LogP contribution in [0.15, 0.2) is 27.8 Å². The van der Waals surface area contributed by atoms with Gasteiger partial charge >= 0.3 is 0 Å². The van der Waals surface area contributed by atoms with E-state index in [9.17, 15) is 8.42 Å². The lowest BCUT2D eigenvalue weighted by molar-refractivity contribution is 0.598. The number of rotatable bonds is 4. The zero-order chi connectivity index (χ0) is 15.8. The summed E-state index contributed by atoms with van der Waals surface area (Å²) < 4.78 is 30.1. The van der Waals surface area contributed by atoms with Crippen molar-refractivity contribution < 1.29 is 8.42 Å². The van der Waals surface area contributed by atoms with Gasteiger partial charge in [0.15, 0.2) is 5.03 Å². The van der Waals surface area contributed by atoms with Crippen LogP contribution in [0.25, 0.3) is 0 Å². The van der Waals surface area contributed by atoms with E-state index in [1.807, 2.05) is 20.8 Å². The Morgan fingerprint density at radius 1 is 1.24 bits per heavy atom. The lowest BCUT2D eigenvalue weighted by atomic mass is 10.1. The summed E-state index contributed by atoms with van der Waals surface area (Å²) in [4.78, 5) is 4.11. The Kier molecular flexibility index (Phi) is 4.43. The fourth-order valence-electron chi connectivity index (χ4n) is 2.14. The molecule has 0 saturated heterocycles. The summed E-state index contributed by atoms with van der Waals surface area (Å²) >= 11 is 3.47. The molecule has 1 heterocycles. The molecule has 0 aliphatic heterocycles. The minimum absolute atomic E-state index is 0.0417. The van der Waals surface area contributed by atoms with Gasteiger partial charge in [-0.25, -0.2) is 4.98 Å². The minimum Gasteiger partial charge on any atom is -0.334 e. The number of imidazole rings is 1. The Morgan fingerprint density at radius 3 is 2.29 bits per heavy atom. The molecule has 7 heteroatoms. The number of hydrogen-bond acceptors (Lipinski definition) is 3. The van der Waals surface area contributed by atoms with Crippen molar-refractivity contribution >= 4 is 31.6 Å². The van der Waals surface area contributed by atoms with E-state index in [-0.39, 0.29) is 5.03 Å². The van der Waals surface area contributed by atoms with E-state index in [0.717, 1.165) is 15.6 Å². The topological polar surface area (TPSA) is 64.0 Å². The normalized spacial score (nSPS) is 11.7. The second-order valence-electron chi connectivity index (χ2n) is 4.94. The third-order valence-electron chi connectivity index (χ3n) is 3.26. The largest absolute Gasteiger partial charge is 0.334 e. The zero-order valence-electron chi connectivity index (χ0n) is 12.4. The van der Waals surface area contributed by atoms with Crippen molar-refractivity contribution in [2.75, 3.05) is 4.72 Å². The average Bonchev–Trinajstić information content (AvgIpc) is 2.77. The van der Waals surface area contributed by atoms with Crippen LogP contribution in [0, 0.1) is 20.8 Å². The third-order valence-corrected chi connectivity index (χ3v) is 5.76. The van der Waals surface area contributed by atoms with Crippen molar-refractivity contribution in [3.05, 3.63) is 39.8 Å². The second-order valence-corrected chi connectivity index (χ2v) is 7.36. The summed E-state index contributed by atoms with van der Waals surface area (Å²) in [5.74, 6) is 0.682. The molecule has 0 saturated carbocycles. The van der Waals surface area contributed by atoms with Gasteiger partial charge in [-0.15, -0.1) is 0 Å². The molecule has 1 aromatic heterocycles. The predicted octanol–water partition coefficient (Wildman–Crippen LogP) is 3.39. The van der Waals surface area contributed by atoms with Crippen molar-refractivity contribution in [2.45, 2.75) is 39.3 Å². The van der Waals surface area contributed by atoms with Crippen LogP contribution in [0.4, 0.5) is 5.69 Å². The number of nitrogens with zero attached hydrogens (tertiary/aromatic N) is 2. The highest BCUT2D eigenvalue weighted by Crippen LogP contribution is 2.26. The van der Waals surface area contributed by atoms with E-state index in [0.29, 0.717) is 18.1 Å². The van der Waals surface area contributed by atoms with Crippen LogP contribution in [-0.4, -0.2) is 18.0 Å². The van der Waals surface area contributed by atoms with Crippen LogP contribution >= 0.6 is 15.9 Å². The molecule has 0 spiro atoms. The highest BCUT2D eigenvalue weighted by molar-refractivity contribution is 9.10. The van der Waals surface area contributed by atoms with Gasteiger partial charge in [0, 0.05) is 22.9 Å². The number of aromatic nitrogens is 2. The summed E-state index contributed by atoms with van der Waals surface area (Å²) in [5, 5.41) is 0.0417. The standard InChI is InChI=1S/C14H18BrN3O2S/c1-5-18-8-13(16-11(18)4)21(19,20)17-12-6-9(2)14(15)10(3)7-12/h6-8,17H,5H2,1-4H3. The molecule has 0 aliphatic rings.